The number of nitrogens with one attached hydrogen (secondary N) is 1. The molecule has 9 nitrogen and oxygen atoms in total. The number of likely N-dealkylation sites (tertiary alicyclic amines) is 2. The lowest BCUT2D eigenvalue weighted by atomic mass is 9.98. The molecule has 3 N–H and O–H groups in total. The molecule has 0 unspecified atom stereocenters. The molecular weight excluding hydrogens is 618 g/mol. The number of hydrogen-bond acceptors (Lipinski definition) is 7. The molecule has 1 amide bonds. The first-order valence-corrected chi connectivity index (χ1v) is 18.1. The van der Waals surface area contributed by atoms with Crippen molar-refractivity contribution in [1.29, 1.82) is 0 Å². The number of nitrogens with zero attached hydrogens (tertiary/aromatic N) is 2. The van der Waals surface area contributed by atoms with E-state index in [9.17, 15) is 14.7 Å². The normalized spacial score (nSPS) is 23.1. The minimum Gasteiger partial charge on any atom is -0.481 e. The van der Waals surface area contributed by atoms with Crippen molar-refractivity contribution in [2.45, 2.75) is 95.5 Å². The Bertz CT molecular complexity index is 1510. The second-order valence-corrected chi connectivity index (χ2v) is 13.8. The molecule has 6 rings (SSSR count). The van der Waals surface area contributed by atoms with Crippen LogP contribution in [0.4, 0.5) is 0 Å². The van der Waals surface area contributed by atoms with E-state index in [0.717, 1.165) is 59.4 Å². The molecule has 4 atom stereocenters. The fraction of sp³-hybridized carbons (Fsp3) is 0.500. The Balaban J connectivity index is 1.11. The summed E-state index contributed by atoms with van der Waals surface area (Å²) in [7, 11) is 0. The van der Waals surface area contributed by atoms with Gasteiger partial charge < -0.3 is 29.9 Å². The lowest BCUT2D eigenvalue weighted by Crippen LogP contribution is -2.45. The molecule has 3 heterocycles. The molecule has 0 spiro atoms. The first-order valence-electron chi connectivity index (χ1n) is 18.1. The van der Waals surface area contributed by atoms with Gasteiger partial charge in [0.05, 0.1) is 18.8 Å². The van der Waals surface area contributed by atoms with E-state index in [4.69, 9.17) is 14.6 Å². The van der Waals surface area contributed by atoms with Crippen molar-refractivity contribution in [2.24, 2.45) is 0 Å². The van der Waals surface area contributed by atoms with Crippen LogP contribution in [0.5, 0.6) is 0 Å². The molecule has 3 saturated heterocycles. The van der Waals surface area contributed by atoms with Crippen LogP contribution >= 0.6 is 0 Å². The fourth-order valence-corrected chi connectivity index (χ4v) is 7.44. The van der Waals surface area contributed by atoms with Gasteiger partial charge >= 0.3 is 5.97 Å². The molecule has 0 radical (unpaired) electrons. The molecule has 3 aliphatic rings. The van der Waals surface area contributed by atoms with Gasteiger partial charge in [-0.2, -0.15) is 0 Å². The molecule has 9 heteroatoms. The number of carboxylic acids is 1. The Morgan fingerprint density at radius 3 is 2.31 bits per heavy atom. The van der Waals surface area contributed by atoms with Gasteiger partial charge in [-0.3, -0.25) is 14.5 Å². The third-order valence-corrected chi connectivity index (χ3v) is 10.2. The largest absolute Gasteiger partial charge is 0.481 e. The standard InChI is InChI=1S/C40H51N3O6/c44-28-29-12-14-32(15-13-29)37-24-36(27-43-22-6-9-35(43)26-42-20-3-4-21-42)48-40(49-37)33-18-16-31(17-19-33)34-8-5-7-30(23-34)25-41-38(45)10-1-2-11-39(46)47/h5,7-8,12-19,23,35-37,40,44H,1-4,6,9-11,20-22,24-28H2,(H,41,45)(H,46,47)/t35-,36+,37-,40-/m0/s1. The minimum absolute atomic E-state index is 0.0214. The molecule has 0 aromatic heterocycles. The number of benzene rings is 3. The van der Waals surface area contributed by atoms with E-state index in [1.807, 2.05) is 24.3 Å². The zero-order chi connectivity index (χ0) is 34.0. The van der Waals surface area contributed by atoms with E-state index >= 15 is 0 Å². The van der Waals surface area contributed by atoms with Gasteiger partial charge in [0.1, 0.15) is 0 Å². The Morgan fingerprint density at radius 1 is 0.796 bits per heavy atom. The highest BCUT2D eigenvalue weighted by Gasteiger charge is 2.36. The molecule has 3 aromatic rings. The number of aliphatic hydroxyl groups excluding tert-OH is 1. The second-order valence-electron chi connectivity index (χ2n) is 13.8. The number of carbonyl (C=O) groups is 2. The molecular formula is C40H51N3O6. The number of carboxylic acid groups (broad SMARTS) is 1. The zero-order valence-electron chi connectivity index (χ0n) is 28.5. The van der Waals surface area contributed by atoms with Crippen LogP contribution in [0.3, 0.4) is 0 Å². The number of ether oxygens (including phenoxy) is 2. The maximum absolute atomic E-state index is 12.3. The van der Waals surface area contributed by atoms with Crippen molar-refractivity contribution in [2.75, 3.05) is 32.7 Å². The van der Waals surface area contributed by atoms with Gasteiger partial charge in [-0.15, -0.1) is 0 Å². The highest BCUT2D eigenvalue weighted by atomic mass is 16.7. The zero-order valence-corrected chi connectivity index (χ0v) is 28.5. The van der Waals surface area contributed by atoms with Crippen LogP contribution < -0.4 is 5.32 Å². The lowest BCUT2D eigenvalue weighted by molar-refractivity contribution is -0.253. The summed E-state index contributed by atoms with van der Waals surface area (Å²) in [5.74, 6) is -0.901. The Kier molecular flexibility index (Phi) is 12.5. The first kappa shape index (κ1) is 35.2. The highest BCUT2D eigenvalue weighted by Crippen LogP contribution is 2.39. The third kappa shape index (κ3) is 9.99. The minimum atomic E-state index is -0.832. The number of amides is 1. The molecule has 0 saturated carbocycles. The maximum atomic E-state index is 12.3. The van der Waals surface area contributed by atoms with E-state index in [1.54, 1.807) is 0 Å². The molecule has 3 aromatic carbocycles. The maximum Gasteiger partial charge on any atom is 0.303 e. The van der Waals surface area contributed by atoms with Gasteiger partial charge in [-0.05, 0) is 92.0 Å². The molecule has 0 bridgehead atoms. The van der Waals surface area contributed by atoms with Crippen molar-refractivity contribution < 1.29 is 29.3 Å². The summed E-state index contributed by atoms with van der Waals surface area (Å²) in [6, 6.07) is 25.2. The number of carbonyl (C=O) groups excluding carboxylic acids is 1. The van der Waals surface area contributed by atoms with Crippen LogP contribution in [0.25, 0.3) is 11.1 Å². The van der Waals surface area contributed by atoms with Crippen LogP contribution in [-0.4, -0.2) is 76.8 Å². The SMILES string of the molecule is O=C(O)CCCCC(=O)NCc1cccc(-c2ccc([C@H]3O[C@@H](CN4CCC[C@H]4CN4CCCC4)C[C@@H](c4ccc(CO)cc4)O3)cc2)c1. The van der Waals surface area contributed by atoms with Gasteiger partial charge in [0.2, 0.25) is 5.91 Å². The quantitative estimate of drug-likeness (QED) is 0.164. The van der Waals surface area contributed by atoms with Crippen molar-refractivity contribution in [1.82, 2.24) is 15.1 Å². The van der Waals surface area contributed by atoms with Crippen LogP contribution in [-0.2, 0) is 32.2 Å². The summed E-state index contributed by atoms with van der Waals surface area (Å²) >= 11 is 0. The summed E-state index contributed by atoms with van der Waals surface area (Å²) in [4.78, 5) is 28.2. The monoisotopic (exact) mass is 669 g/mol. The molecule has 3 fully saturated rings. The number of rotatable bonds is 15. The molecule has 262 valence electrons. The lowest BCUT2D eigenvalue weighted by Gasteiger charge is -2.39. The van der Waals surface area contributed by atoms with E-state index < -0.39 is 12.3 Å². The molecule has 3 aliphatic heterocycles. The Labute approximate surface area is 290 Å². The Morgan fingerprint density at radius 2 is 1.55 bits per heavy atom. The molecule has 49 heavy (non-hydrogen) atoms. The van der Waals surface area contributed by atoms with E-state index in [0.29, 0.717) is 31.8 Å². The van der Waals surface area contributed by atoms with E-state index in [1.165, 1.54) is 38.8 Å². The summed E-state index contributed by atoms with van der Waals surface area (Å²) in [5, 5.41) is 21.3. The summed E-state index contributed by atoms with van der Waals surface area (Å²) < 4.78 is 13.4. The highest BCUT2D eigenvalue weighted by molar-refractivity contribution is 5.76. The summed E-state index contributed by atoms with van der Waals surface area (Å²) in [5.41, 5.74) is 6.10. The third-order valence-electron chi connectivity index (χ3n) is 10.2. The second kappa shape index (κ2) is 17.4. The predicted octanol–water partition coefficient (Wildman–Crippen LogP) is 6.21. The topological polar surface area (TPSA) is 112 Å². The summed E-state index contributed by atoms with van der Waals surface area (Å²) in [6.07, 6.45) is 6.81. The fourth-order valence-electron chi connectivity index (χ4n) is 7.44. The van der Waals surface area contributed by atoms with Gasteiger partial charge in [0.15, 0.2) is 6.29 Å². The first-order chi connectivity index (χ1) is 23.9. The van der Waals surface area contributed by atoms with Crippen molar-refractivity contribution >= 4 is 11.9 Å². The molecule has 0 aliphatic carbocycles. The summed E-state index contributed by atoms with van der Waals surface area (Å²) in [6.45, 7) is 6.06. The van der Waals surface area contributed by atoms with Gasteiger partial charge in [0.25, 0.3) is 0 Å². The van der Waals surface area contributed by atoms with E-state index in [2.05, 4.69) is 63.6 Å². The average molecular weight is 670 g/mol. The van der Waals surface area contributed by atoms with Crippen molar-refractivity contribution in [3.05, 3.63) is 95.1 Å². The van der Waals surface area contributed by atoms with Gasteiger partial charge in [0, 0.05) is 50.5 Å². The number of aliphatic hydroxyl groups is 1. The smallest absolute Gasteiger partial charge is 0.303 e. The van der Waals surface area contributed by atoms with Crippen LogP contribution in [0.15, 0.2) is 72.8 Å². The number of unbranched alkanes of at least 4 members (excludes halogenated alkanes) is 1. The number of aliphatic carboxylic acids is 1. The van der Waals surface area contributed by atoms with Gasteiger partial charge in [-0.25, -0.2) is 0 Å². The number of hydrogen-bond donors (Lipinski definition) is 3. The van der Waals surface area contributed by atoms with Gasteiger partial charge in [-0.1, -0.05) is 66.7 Å². The predicted molar refractivity (Wildman–Crippen MR) is 189 cm³/mol. The van der Waals surface area contributed by atoms with Crippen molar-refractivity contribution in [3.63, 3.8) is 0 Å². The van der Waals surface area contributed by atoms with Crippen LogP contribution in [0.2, 0.25) is 0 Å². The van der Waals surface area contributed by atoms with Crippen molar-refractivity contribution in [3.8, 4) is 11.1 Å². The van der Waals surface area contributed by atoms with E-state index in [-0.39, 0.29) is 31.1 Å². The van der Waals surface area contributed by atoms with Crippen LogP contribution in [0.1, 0.15) is 92.4 Å². The van der Waals surface area contributed by atoms with Crippen LogP contribution in [0, 0.1) is 0 Å². The Hall–Kier alpha value is -3.60. The average Bonchev–Trinajstić information content (AvgIpc) is 3.81.